The van der Waals surface area contributed by atoms with Gasteiger partial charge in [0.2, 0.25) is 5.95 Å². The number of carbonyl (C=O) groups excluding carboxylic acids is 2. The number of rotatable bonds is 5. The van der Waals surface area contributed by atoms with Crippen LogP contribution in [0, 0.1) is 12.8 Å². The Balaban J connectivity index is 0.000000262. The highest BCUT2D eigenvalue weighted by atomic mass is 16.2. The van der Waals surface area contributed by atoms with E-state index in [1.807, 2.05) is 20.8 Å². The molecule has 1 N–H and O–H groups in total. The second-order valence-corrected chi connectivity index (χ2v) is 8.43. The molecule has 1 aliphatic heterocycles. The molecule has 1 amide bonds. The molecule has 0 radical (unpaired) electrons. The maximum Gasteiger partial charge on any atom is 0.256 e. The van der Waals surface area contributed by atoms with Crippen LogP contribution in [-0.4, -0.2) is 67.8 Å². The highest BCUT2D eigenvalue weighted by Crippen LogP contribution is 2.20. The van der Waals surface area contributed by atoms with Gasteiger partial charge in [0.15, 0.2) is 0 Å². The highest BCUT2D eigenvalue weighted by Gasteiger charge is 2.21. The lowest BCUT2D eigenvalue weighted by molar-refractivity contribution is -0.0980. The van der Waals surface area contributed by atoms with Gasteiger partial charge in [0.05, 0.1) is 5.56 Å². The number of amides is 1. The van der Waals surface area contributed by atoms with Crippen molar-refractivity contribution in [1.82, 2.24) is 20.2 Å². The lowest BCUT2D eigenvalue weighted by atomic mass is 9.97. The van der Waals surface area contributed by atoms with Gasteiger partial charge < -0.3 is 19.9 Å². The van der Waals surface area contributed by atoms with Crippen molar-refractivity contribution in [3.8, 4) is 0 Å². The van der Waals surface area contributed by atoms with Crippen molar-refractivity contribution in [2.75, 3.05) is 45.2 Å². The lowest BCUT2D eigenvalue weighted by Gasteiger charge is -2.31. The molecule has 2 heterocycles. The first-order valence-electron chi connectivity index (χ1n) is 11.7. The average molecular weight is 464 g/mol. The summed E-state index contributed by atoms with van der Waals surface area (Å²) in [7, 11) is 3.78. The van der Waals surface area contributed by atoms with Gasteiger partial charge in [-0.05, 0) is 57.0 Å². The lowest BCUT2D eigenvalue weighted by Crippen LogP contribution is -2.37. The van der Waals surface area contributed by atoms with Crippen molar-refractivity contribution in [2.45, 2.75) is 26.7 Å². The quantitative estimate of drug-likeness (QED) is 0.617. The van der Waals surface area contributed by atoms with Gasteiger partial charge in [-0.1, -0.05) is 48.0 Å². The minimum Gasteiger partial charge on any atom is -0.342 e. The molecule has 34 heavy (non-hydrogen) atoms. The highest BCUT2D eigenvalue weighted by molar-refractivity contribution is 5.93. The Labute approximate surface area is 203 Å². The zero-order chi connectivity index (χ0) is 24.9. The molecular formula is C27H37N5O2. The van der Waals surface area contributed by atoms with Gasteiger partial charge in [-0.15, -0.1) is 0 Å². The molecule has 4 rings (SSSR count). The number of aryl methyl sites for hydroxylation is 1. The first-order chi connectivity index (χ1) is 16.5. The van der Waals surface area contributed by atoms with Crippen LogP contribution >= 0.6 is 0 Å². The number of anilines is 1. The molecule has 0 unspecified atom stereocenters. The van der Waals surface area contributed by atoms with Crippen LogP contribution in [-0.2, 0) is 4.79 Å². The van der Waals surface area contributed by atoms with E-state index in [4.69, 9.17) is 4.79 Å². The summed E-state index contributed by atoms with van der Waals surface area (Å²) < 4.78 is 0. The molecule has 0 spiro atoms. The molecule has 0 saturated carbocycles. The first-order valence-corrected chi connectivity index (χ1v) is 11.7. The molecule has 0 aliphatic carbocycles. The summed E-state index contributed by atoms with van der Waals surface area (Å²) in [6.45, 7) is 9.78. The third kappa shape index (κ3) is 7.63. The first kappa shape index (κ1) is 26.9. The SMILES string of the molecule is C=O.CCN(C)C(=O)c1cnc(N2CCC(CNC)CC2)nc1.Cc1ccc2ccccc2c1. The van der Waals surface area contributed by atoms with Gasteiger partial charge in [0, 0.05) is 39.1 Å². The molecule has 3 aromatic rings. The molecule has 7 heteroatoms. The number of hydrogen-bond donors (Lipinski definition) is 1. The zero-order valence-electron chi connectivity index (χ0n) is 20.8. The summed E-state index contributed by atoms with van der Waals surface area (Å²) in [6.07, 6.45) is 5.58. The second-order valence-electron chi connectivity index (χ2n) is 8.43. The van der Waals surface area contributed by atoms with E-state index in [9.17, 15) is 4.79 Å². The molecule has 0 atom stereocenters. The number of fused-ring (bicyclic) bond motifs is 1. The van der Waals surface area contributed by atoms with E-state index in [-0.39, 0.29) is 5.91 Å². The second kappa shape index (κ2) is 14.1. The molecule has 0 bridgehead atoms. The number of nitrogens with one attached hydrogen (secondary N) is 1. The minimum absolute atomic E-state index is 0.0308. The van der Waals surface area contributed by atoms with Crippen molar-refractivity contribution in [2.24, 2.45) is 5.92 Å². The van der Waals surface area contributed by atoms with Crippen LogP contribution in [0.5, 0.6) is 0 Å². The van der Waals surface area contributed by atoms with E-state index in [1.54, 1.807) is 24.3 Å². The Hall–Kier alpha value is -3.32. The Kier molecular flexibility index (Phi) is 11.1. The number of hydrogen-bond acceptors (Lipinski definition) is 6. The topological polar surface area (TPSA) is 78.4 Å². The van der Waals surface area contributed by atoms with Crippen LogP contribution in [0.4, 0.5) is 5.95 Å². The van der Waals surface area contributed by atoms with Crippen LogP contribution in [0.3, 0.4) is 0 Å². The van der Waals surface area contributed by atoms with Gasteiger partial charge in [0.25, 0.3) is 5.91 Å². The molecule has 1 aromatic heterocycles. The van der Waals surface area contributed by atoms with Crippen molar-refractivity contribution < 1.29 is 9.59 Å². The largest absolute Gasteiger partial charge is 0.342 e. The standard InChI is InChI=1S/C15H25N5O.C11H10.CH2O/c1-4-19(3)14(21)13-10-17-15(18-11-13)20-7-5-12(6-8-20)9-16-2;1-9-6-7-10-4-2-3-5-11(10)8-9;1-2/h10-12,16H,4-9H2,1-3H3;2-8H,1H3;1H2. The van der Waals surface area contributed by atoms with Crippen LogP contribution in [0.15, 0.2) is 54.9 Å². The average Bonchev–Trinajstić information content (AvgIpc) is 2.90. The Morgan fingerprint density at radius 3 is 2.29 bits per heavy atom. The van der Waals surface area contributed by atoms with Crippen LogP contribution < -0.4 is 10.2 Å². The molecule has 1 aliphatic rings. The van der Waals surface area contributed by atoms with Gasteiger partial charge in [-0.2, -0.15) is 0 Å². The van der Waals surface area contributed by atoms with Gasteiger partial charge >= 0.3 is 0 Å². The predicted molar refractivity (Wildman–Crippen MR) is 139 cm³/mol. The van der Waals surface area contributed by atoms with Crippen LogP contribution in [0.2, 0.25) is 0 Å². The summed E-state index contributed by atoms with van der Waals surface area (Å²) >= 11 is 0. The minimum atomic E-state index is -0.0308. The van der Waals surface area contributed by atoms with Crippen molar-refractivity contribution in [1.29, 1.82) is 0 Å². The molecular weight excluding hydrogens is 426 g/mol. The van der Waals surface area contributed by atoms with Crippen LogP contribution in [0.25, 0.3) is 10.8 Å². The summed E-state index contributed by atoms with van der Waals surface area (Å²) in [5, 5.41) is 5.88. The zero-order valence-corrected chi connectivity index (χ0v) is 20.8. The van der Waals surface area contributed by atoms with E-state index in [0.717, 1.165) is 44.3 Å². The van der Waals surface area contributed by atoms with E-state index in [2.05, 4.69) is 69.6 Å². The fraction of sp³-hybridized carbons (Fsp3) is 0.407. The summed E-state index contributed by atoms with van der Waals surface area (Å²) in [4.78, 5) is 32.6. The van der Waals surface area contributed by atoms with Crippen molar-refractivity contribution in [3.63, 3.8) is 0 Å². The Morgan fingerprint density at radius 1 is 1.09 bits per heavy atom. The third-order valence-electron chi connectivity index (χ3n) is 6.00. The molecule has 2 aromatic carbocycles. The molecule has 1 fully saturated rings. The maximum absolute atomic E-state index is 12.0. The van der Waals surface area contributed by atoms with Gasteiger partial charge in [-0.25, -0.2) is 9.97 Å². The number of benzene rings is 2. The van der Waals surface area contributed by atoms with E-state index in [0.29, 0.717) is 12.1 Å². The smallest absolute Gasteiger partial charge is 0.256 e. The fourth-order valence-corrected chi connectivity index (χ4v) is 3.89. The fourth-order valence-electron chi connectivity index (χ4n) is 3.89. The summed E-state index contributed by atoms with van der Waals surface area (Å²) in [5.74, 6) is 1.44. The summed E-state index contributed by atoms with van der Waals surface area (Å²) in [5.41, 5.74) is 1.87. The third-order valence-corrected chi connectivity index (χ3v) is 6.00. The number of aromatic nitrogens is 2. The predicted octanol–water partition coefficient (Wildman–Crippen LogP) is 3.97. The number of carbonyl (C=O) groups is 2. The number of nitrogens with zero attached hydrogens (tertiary/aromatic N) is 4. The van der Waals surface area contributed by atoms with E-state index in [1.165, 1.54) is 16.3 Å². The van der Waals surface area contributed by atoms with Gasteiger partial charge in [-0.3, -0.25) is 4.79 Å². The Morgan fingerprint density at radius 2 is 1.71 bits per heavy atom. The molecule has 1 saturated heterocycles. The van der Waals surface area contributed by atoms with Gasteiger partial charge in [0.1, 0.15) is 6.79 Å². The van der Waals surface area contributed by atoms with E-state index >= 15 is 0 Å². The van der Waals surface area contributed by atoms with Crippen LogP contribution in [0.1, 0.15) is 35.7 Å². The Bertz CT molecular complexity index is 1020. The normalized spacial score (nSPS) is 13.4. The molecule has 182 valence electrons. The summed E-state index contributed by atoms with van der Waals surface area (Å²) in [6, 6.07) is 14.9. The maximum atomic E-state index is 12.0. The number of piperidine rings is 1. The monoisotopic (exact) mass is 463 g/mol. The van der Waals surface area contributed by atoms with E-state index < -0.39 is 0 Å². The van der Waals surface area contributed by atoms with Crippen molar-refractivity contribution >= 4 is 29.4 Å². The molecule has 7 nitrogen and oxygen atoms in total. The van der Waals surface area contributed by atoms with Crippen molar-refractivity contribution in [3.05, 3.63) is 66.0 Å².